The van der Waals surface area contributed by atoms with Crippen molar-refractivity contribution in [3.8, 4) is 0 Å². The first-order valence-corrected chi connectivity index (χ1v) is 6.05. The molecule has 0 bridgehead atoms. The van der Waals surface area contributed by atoms with Crippen molar-refractivity contribution in [3.63, 3.8) is 0 Å². The van der Waals surface area contributed by atoms with Gasteiger partial charge in [-0.05, 0) is 39.5 Å². The number of hydrogen-bond donors (Lipinski definition) is 1. The lowest BCUT2D eigenvalue weighted by Crippen LogP contribution is -2.56. The molecule has 0 radical (unpaired) electrons. The summed E-state index contributed by atoms with van der Waals surface area (Å²) in [5, 5.41) is 21.2. The second kappa shape index (κ2) is 5.25. The molecule has 0 aliphatic rings. The third-order valence-corrected chi connectivity index (χ3v) is 2.92. The van der Waals surface area contributed by atoms with Crippen LogP contribution >= 0.6 is 0 Å². The molecule has 1 amide bonds. The molecule has 0 aliphatic heterocycles. The Morgan fingerprint density at radius 2 is 1.65 bits per heavy atom. The molecule has 0 aromatic rings. The number of carbonyl (C=O) groups excluding carboxylic acids is 1. The lowest BCUT2D eigenvalue weighted by Gasteiger charge is -2.44. The van der Waals surface area contributed by atoms with E-state index in [2.05, 4.69) is 0 Å². The minimum absolute atomic E-state index is 0.246. The predicted molar refractivity (Wildman–Crippen MR) is 66.5 cm³/mol. The Hall–Kier alpha value is -0.770. The van der Waals surface area contributed by atoms with E-state index in [0.717, 1.165) is 0 Å². The highest BCUT2D eigenvalue weighted by Gasteiger charge is 2.31. The summed E-state index contributed by atoms with van der Waals surface area (Å²) >= 11 is 0. The lowest BCUT2D eigenvalue weighted by atomic mass is 9.85. The molecule has 2 unspecified atom stereocenters. The fraction of sp³-hybridized carbons (Fsp3) is 0.923. The number of carbonyl (C=O) groups is 1. The van der Waals surface area contributed by atoms with Crippen molar-refractivity contribution >= 4 is 6.09 Å². The van der Waals surface area contributed by atoms with E-state index in [1.807, 2.05) is 41.5 Å². The maximum Gasteiger partial charge on any atom is 0.137 e. The Balaban J connectivity index is 4.78. The van der Waals surface area contributed by atoms with Gasteiger partial charge in [0.25, 0.3) is 0 Å². The van der Waals surface area contributed by atoms with Crippen molar-refractivity contribution in [2.45, 2.75) is 72.6 Å². The molecule has 0 rings (SSSR count). The Morgan fingerprint density at radius 1 is 1.24 bits per heavy atom. The number of nitrogens with zero attached hydrogens (tertiary/aromatic N) is 1. The quantitative estimate of drug-likeness (QED) is 0.820. The molecule has 0 aromatic carbocycles. The summed E-state index contributed by atoms with van der Waals surface area (Å²) in [5.41, 5.74) is -0.764. The fourth-order valence-corrected chi connectivity index (χ4v) is 1.90. The Kier molecular flexibility index (Phi) is 5.02. The van der Waals surface area contributed by atoms with Crippen LogP contribution in [0.15, 0.2) is 0 Å². The van der Waals surface area contributed by atoms with Gasteiger partial charge in [-0.25, -0.2) is 0 Å². The van der Waals surface area contributed by atoms with Crippen molar-refractivity contribution in [2.24, 2.45) is 5.41 Å². The second-order valence-corrected chi connectivity index (χ2v) is 6.77. The molecular weight excluding hydrogens is 218 g/mol. The van der Waals surface area contributed by atoms with Gasteiger partial charge in [0.05, 0.1) is 6.10 Å². The summed E-state index contributed by atoms with van der Waals surface area (Å²) in [7, 11) is 0. The van der Waals surface area contributed by atoms with E-state index < -0.39 is 17.7 Å². The largest absolute Gasteiger partial charge is 0.530 e. The van der Waals surface area contributed by atoms with Gasteiger partial charge in [-0.2, -0.15) is 0 Å². The number of aliphatic hydroxyl groups is 1. The standard InChI is InChI=1S/C13H27NO3/c1-9(8-10(15)12(2,3)4)14(11(16)17)13(5,6)7/h9-10,15H,8H2,1-7H3,(H,16,17)/p-1. The number of aliphatic hydroxyl groups excluding tert-OH is 1. The molecule has 1 N–H and O–H groups in total. The second-order valence-electron chi connectivity index (χ2n) is 6.77. The molecule has 2 atom stereocenters. The Bertz CT molecular complexity index is 263. The summed E-state index contributed by atoms with van der Waals surface area (Å²) in [6.45, 7) is 13.1. The minimum Gasteiger partial charge on any atom is -0.530 e. The summed E-state index contributed by atoms with van der Waals surface area (Å²) < 4.78 is 0. The lowest BCUT2D eigenvalue weighted by molar-refractivity contribution is -0.273. The normalized spacial score (nSPS) is 16.5. The summed E-state index contributed by atoms with van der Waals surface area (Å²) in [6.07, 6.45) is -1.32. The molecule has 0 fully saturated rings. The first-order chi connectivity index (χ1) is 7.37. The van der Waals surface area contributed by atoms with Gasteiger partial charge in [-0.15, -0.1) is 0 Å². The highest BCUT2D eigenvalue weighted by Crippen LogP contribution is 2.26. The average molecular weight is 244 g/mol. The SMILES string of the molecule is CC(CC(O)C(C)(C)C)N(C(=O)[O-])C(C)(C)C. The van der Waals surface area contributed by atoms with E-state index in [-0.39, 0.29) is 11.5 Å². The van der Waals surface area contributed by atoms with Gasteiger partial charge in [0.1, 0.15) is 6.09 Å². The smallest absolute Gasteiger partial charge is 0.137 e. The van der Waals surface area contributed by atoms with Crippen LogP contribution in [0.4, 0.5) is 4.79 Å². The van der Waals surface area contributed by atoms with Crippen LogP contribution in [-0.4, -0.2) is 33.8 Å². The van der Waals surface area contributed by atoms with Gasteiger partial charge in [0, 0.05) is 11.6 Å². The van der Waals surface area contributed by atoms with Crippen molar-refractivity contribution in [1.29, 1.82) is 0 Å². The third-order valence-electron chi connectivity index (χ3n) is 2.92. The molecule has 0 heterocycles. The number of amides is 1. The molecule has 0 spiro atoms. The monoisotopic (exact) mass is 244 g/mol. The van der Waals surface area contributed by atoms with Crippen molar-refractivity contribution in [1.82, 2.24) is 4.90 Å². The van der Waals surface area contributed by atoms with Gasteiger partial charge in [-0.1, -0.05) is 20.8 Å². The zero-order valence-electron chi connectivity index (χ0n) is 12.1. The van der Waals surface area contributed by atoms with Crippen LogP contribution in [0.5, 0.6) is 0 Å². The van der Waals surface area contributed by atoms with Gasteiger partial charge in [0.15, 0.2) is 0 Å². The molecule has 4 heteroatoms. The van der Waals surface area contributed by atoms with E-state index >= 15 is 0 Å². The van der Waals surface area contributed by atoms with Gasteiger partial charge in [0.2, 0.25) is 0 Å². The zero-order chi connectivity index (χ0) is 14.0. The average Bonchev–Trinajstić information content (AvgIpc) is 1.97. The summed E-state index contributed by atoms with van der Waals surface area (Å²) in [4.78, 5) is 12.4. The fourth-order valence-electron chi connectivity index (χ4n) is 1.90. The van der Waals surface area contributed by atoms with Gasteiger partial charge >= 0.3 is 0 Å². The van der Waals surface area contributed by atoms with Crippen LogP contribution in [0.1, 0.15) is 54.9 Å². The van der Waals surface area contributed by atoms with E-state index in [1.165, 1.54) is 4.90 Å². The Labute approximate surface area is 105 Å². The third kappa shape index (κ3) is 4.94. The molecule has 0 saturated carbocycles. The highest BCUT2D eigenvalue weighted by atomic mass is 16.4. The van der Waals surface area contributed by atoms with E-state index in [0.29, 0.717) is 6.42 Å². The van der Waals surface area contributed by atoms with Crippen LogP contribution in [-0.2, 0) is 0 Å². The van der Waals surface area contributed by atoms with Crippen LogP contribution in [0.25, 0.3) is 0 Å². The first kappa shape index (κ1) is 16.2. The maximum absolute atomic E-state index is 11.2. The van der Waals surface area contributed by atoms with Crippen molar-refractivity contribution in [3.05, 3.63) is 0 Å². The molecular formula is C13H26NO3-. The highest BCUT2D eigenvalue weighted by molar-refractivity contribution is 5.64. The van der Waals surface area contributed by atoms with Crippen LogP contribution in [0.2, 0.25) is 0 Å². The van der Waals surface area contributed by atoms with Crippen LogP contribution in [0.3, 0.4) is 0 Å². The topological polar surface area (TPSA) is 63.6 Å². The van der Waals surface area contributed by atoms with Crippen molar-refractivity contribution in [2.75, 3.05) is 0 Å². The van der Waals surface area contributed by atoms with Gasteiger partial charge in [-0.3, -0.25) is 0 Å². The van der Waals surface area contributed by atoms with Crippen LogP contribution < -0.4 is 5.11 Å². The maximum atomic E-state index is 11.2. The summed E-state index contributed by atoms with van der Waals surface area (Å²) in [5.74, 6) is 0. The van der Waals surface area contributed by atoms with Gasteiger partial charge < -0.3 is 19.9 Å². The molecule has 17 heavy (non-hydrogen) atoms. The first-order valence-electron chi connectivity index (χ1n) is 6.05. The van der Waals surface area contributed by atoms with Crippen LogP contribution in [0, 0.1) is 5.41 Å². The van der Waals surface area contributed by atoms with Crippen molar-refractivity contribution < 1.29 is 15.0 Å². The molecule has 0 aliphatic carbocycles. The van der Waals surface area contributed by atoms with E-state index in [9.17, 15) is 15.0 Å². The van der Waals surface area contributed by atoms with E-state index in [4.69, 9.17) is 0 Å². The predicted octanol–water partition coefficient (Wildman–Crippen LogP) is 1.62. The molecule has 4 nitrogen and oxygen atoms in total. The molecule has 0 saturated heterocycles. The number of hydrogen-bond acceptors (Lipinski definition) is 3. The number of carboxylic acid groups (broad SMARTS) is 1. The molecule has 102 valence electrons. The minimum atomic E-state index is -1.19. The Morgan fingerprint density at radius 3 is 1.88 bits per heavy atom. The molecule has 0 aromatic heterocycles. The number of rotatable bonds is 3. The zero-order valence-corrected chi connectivity index (χ0v) is 12.1. The van der Waals surface area contributed by atoms with E-state index in [1.54, 1.807) is 6.92 Å². The summed E-state index contributed by atoms with van der Waals surface area (Å²) in [6, 6.07) is -0.269.